The summed E-state index contributed by atoms with van der Waals surface area (Å²) >= 11 is 6.05. The molecule has 0 saturated carbocycles. The second-order valence-corrected chi connectivity index (χ2v) is 7.43. The minimum Gasteiger partial charge on any atom is -0.496 e. The van der Waals surface area contributed by atoms with E-state index in [0.717, 1.165) is 32.1 Å². The van der Waals surface area contributed by atoms with Gasteiger partial charge in [-0.25, -0.2) is 0 Å². The predicted molar refractivity (Wildman–Crippen MR) is 98.7 cm³/mol. The zero-order chi connectivity index (χ0) is 18.8. The summed E-state index contributed by atoms with van der Waals surface area (Å²) in [5, 5.41) is 12.5. The summed E-state index contributed by atoms with van der Waals surface area (Å²) < 4.78 is 5.25. The van der Waals surface area contributed by atoms with E-state index in [4.69, 9.17) is 27.2 Å². The number of methoxy groups -OCH3 is 1. The molecular weight excluding hydrogens is 358 g/mol. The van der Waals surface area contributed by atoms with Gasteiger partial charge in [0.25, 0.3) is 5.91 Å². The molecule has 0 radical (unpaired) electrons. The van der Waals surface area contributed by atoms with Crippen molar-refractivity contribution >= 4 is 29.2 Å². The lowest BCUT2D eigenvalue weighted by atomic mass is 9.81. The van der Waals surface area contributed by atoms with Crippen LogP contribution in [0.15, 0.2) is 12.1 Å². The highest BCUT2D eigenvalue weighted by Crippen LogP contribution is 2.34. The number of anilines is 1. The number of benzene rings is 1. The largest absolute Gasteiger partial charge is 0.496 e. The van der Waals surface area contributed by atoms with Gasteiger partial charge in [-0.15, -0.1) is 0 Å². The number of amides is 1. The van der Waals surface area contributed by atoms with Gasteiger partial charge >= 0.3 is 5.97 Å². The number of piperidine rings is 2. The summed E-state index contributed by atoms with van der Waals surface area (Å²) in [6.07, 6.45) is 4.54. The molecule has 2 fully saturated rings. The van der Waals surface area contributed by atoms with E-state index in [1.54, 1.807) is 6.07 Å². The Morgan fingerprint density at radius 2 is 2.00 bits per heavy atom. The number of rotatable bonds is 5. The van der Waals surface area contributed by atoms with Crippen LogP contribution in [0, 0.1) is 0 Å². The van der Waals surface area contributed by atoms with E-state index >= 15 is 0 Å². The molecule has 2 bridgehead atoms. The quantitative estimate of drug-likeness (QED) is 0.675. The van der Waals surface area contributed by atoms with Crippen LogP contribution in [-0.4, -0.2) is 53.7 Å². The van der Waals surface area contributed by atoms with E-state index in [9.17, 15) is 9.59 Å². The van der Waals surface area contributed by atoms with Crippen LogP contribution in [0.25, 0.3) is 0 Å². The highest BCUT2D eigenvalue weighted by atomic mass is 35.5. The average Bonchev–Trinajstić information content (AvgIpc) is 2.57. The zero-order valence-corrected chi connectivity index (χ0v) is 15.5. The van der Waals surface area contributed by atoms with Gasteiger partial charge in [0.05, 0.1) is 29.9 Å². The number of carbonyl (C=O) groups excluding carboxylic acids is 1. The molecule has 8 heteroatoms. The molecule has 0 aliphatic carbocycles. The van der Waals surface area contributed by atoms with Crippen LogP contribution in [0.2, 0.25) is 5.02 Å². The third-order valence-electron chi connectivity index (χ3n) is 5.34. The van der Waals surface area contributed by atoms with Crippen LogP contribution in [0.5, 0.6) is 5.75 Å². The minimum atomic E-state index is -0.800. The van der Waals surface area contributed by atoms with E-state index in [-0.39, 0.29) is 30.6 Å². The maximum Gasteiger partial charge on any atom is 0.317 e. The summed E-state index contributed by atoms with van der Waals surface area (Å²) in [7, 11) is 1.48. The first-order valence-corrected chi connectivity index (χ1v) is 9.18. The highest BCUT2D eigenvalue weighted by Gasteiger charge is 2.39. The first-order valence-electron chi connectivity index (χ1n) is 8.80. The molecule has 1 amide bonds. The second-order valence-electron chi connectivity index (χ2n) is 7.02. The Morgan fingerprint density at radius 1 is 1.35 bits per heavy atom. The number of nitrogens with two attached hydrogens (primary N) is 1. The van der Waals surface area contributed by atoms with Crippen molar-refractivity contribution in [1.29, 1.82) is 0 Å². The normalized spacial score (nSPS) is 25.5. The molecule has 1 aromatic carbocycles. The first kappa shape index (κ1) is 18.8. The number of carboxylic acid groups (broad SMARTS) is 1. The molecule has 2 atom stereocenters. The van der Waals surface area contributed by atoms with Crippen molar-refractivity contribution in [2.24, 2.45) is 0 Å². The van der Waals surface area contributed by atoms with Crippen LogP contribution in [0.3, 0.4) is 0 Å². The SMILES string of the molecule is COc1cc(N)c(Cl)cc1C(=O)NC1CC2CCCC(C1)N2CC(=O)O. The monoisotopic (exact) mass is 381 g/mol. The van der Waals surface area contributed by atoms with Crippen LogP contribution in [0.4, 0.5) is 5.69 Å². The molecular formula is C18H24ClN3O4. The Kier molecular flexibility index (Phi) is 5.58. The van der Waals surface area contributed by atoms with Crippen molar-refractivity contribution < 1.29 is 19.4 Å². The van der Waals surface area contributed by atoms with Gasteiger partial charge in [-0.05, 0) is 31.7 Å². The number of fused-ring (bicyclic) bond motifs is 2. The summed E-state index contributed by atoms with van der Waals surface area (Å²) in [5.41, 5.74) is 6.48. The Hall–Kier alpha value is -1.99. The van der Waals surface area contributed by atoms with Crippen LogP contribution in [-0.2, 0) is 4.79 Å². The van der Waals surface area contributed by atoms with E-state index in [1.165, 1.54) is 13.2 Å². The lowest BCUT2D eigenvalue weighted by Gasteiger charge is -2.48. The number of halogens is 1. The fourth-order valence-corrected chi connectivity index (χ4v) is 4.35. The summed E-state index contributed by atoms with van der Waals surface area (Å²) in [5.74, 6) is -0.669. The molecule has 2 aliphatic rings. The number of nitrogen functional groups attached to an aromatic ring is 1. The van der Waals surface area contributed by atoms with Crippen molar-refractivity contribution in [3.8, 4) is 5.75 Å². The maximum absolute atomic E-state index is 12.7. The van der Waals surface area contributed by atoms with Crippen LogP contribution >= 0.6 is 11.6 Å². The fraction of sp³-hybridized carbons (Fsp3) is 0.556. The van der Waals surface area contributed by atoms with Crippen LogP contribution in [0.1, 0.15) is 42.5 Å². The second kappa shape index (κ2) is 7.72. The molecule has 2 unspecified atom stereocenters. The van der Waals surface area contributed by atoms with Gasteiger partial charge in [0, 0.05) is 24.2 Å². The van der Waals surface area contributed by atoms with E-state index in [1.807, 2.05) is 0 Å². The smallest absolute Gasteiger partial charge is 0.317 e. The standard InChI is InChI=1S/C18H24ClN3O4/c1-26-16-8-15(20)14(19)7-13(16)18(25)21-10-5-11-3-2-4-12(6-10)22(11)9-17(23)24/h7-8,10-12H,2-6,9,20H2,1H3,(H,21,25)(H,23,24). The van der Waals surface area contributed by atoms with Gasteiger partial charge < -0.3 is 20.9 Å². The third kappa shape index (κ3) is 3.88. The molecule has 0 spiro atoms. The summed E-state index contributed by atoms with van der Waals surface area (Å²) in [6, 6.07) is 3.46. The molecule has 142 valence electrons. The average molecular weight is 382 g/mol. The van der Waals surface area contributed by atoms with Gasteiger partial charge in [0.1, 0.15) is 5.75 Å². The van der Waals surface area contributed by atoms with E-state index in [0.29, 0.717) is 22.0 Å². The topological polar surface area (TPSA) is 105 Å². The number of hydrogen-bond acceptors (Lipinski definition) is 5. The Bertz CT molecular complexity index is 698. The lowest BCUT2D eigenvalue weighted by Crippen LogP contribution is -2.58. The molecule has 2 aliphatic heterocycles. The molecule has 1 aromatic rings. The number of ether oxygens (including phenoxy) is 1. The zero-order valence-electron chi connectivity index (χ0n) is 14.7. The first-order chi connectivity index (χ1) is 12.4. The molecule has 3 rings (SSSR count). The Labute approximate surface area is 157 Å². The van der Waals surface area contributed by atoms with Crippen molar-refractivity contribution in [2.45, 2.75) is 50.2 Å². The van der Waals surface area contributed by atoms with Crippen molar-refractivity contribution in [1.82, 2.24) is 10.2 Å². The minimum absolute atomic E-state index is 0.00359. The molecule has 4 N–H and O–H groups in total. The molecule has 26 heavy (non-hydrogen) atoms. The Balaban J connectivity index is 1.71. The van der Waals surface area contributed by atoms with E-state index in [2.05, 4.69) is 10.2 Å². The molecule has 2 heterocycles. The third-order valence-corrected chi connectivity index (χ3v) is 5.67. The van der Waals surface area contributed by atoms with Crippen LogP contribution < -0.4 is 15.8 Å². The van der Waals surface area contributed by atoms with Gasteiger partial charge in [0.2, 0.25) is 0 Å². The highest BCUT2D eigenvalue weighted by molar-refractivity contribution is 6.33. The fourth-order valence-electron chi connectivity index (χ4n) is 4.19. The van der Waals surface area contributed by atoms with Gasteiger partial charge in [-0.1, -0.05) is 18.0 Å². The predicted octanol–water partition coefficient (Wildman–Crippen LogP) is 2.13. The van der Waals surface area contributed by atoms with Gasteiger partial charge in [-0.3, -0.25) is 14.5 Å². The van der Waals surface area contributed by atoms with Crippen molar-refractivity contribution in [2.75, 3.05) is 19.4 Å². The molecule has 0 aromatic heterocycles. The number of hydrogen-bond donors (Lipinski definition) is 3. The van der Waals surface area contributed by atoms with Crippen molar-refractivity contribution in [3.63, 3.8) is 0 Å². The summed E-state index contributed by atoms with van der Waals surface area (Å²) in [6.45, 7) is 0.0669. The number of nitrogens with one attached hydrogen (secondary N) is 1. The maximum atomic E-state index is 12.7. The lowest BCUT2D eigenvalue weighted by molar-refractivity contribution is -0.141. The number of carboxylic acids is 1. The van der Waals surface area contributed by atoms with Gasteiger partial charge in [0.15, 0.2) is 0 Å². The molecule has 2 saturated heterocycles. The van der Waals surface area contributed by atoms with E-state index < -0.39 is 5.97 Å². The van der Waals surface area contributed by atoms with Gasteiger partial charge in [-0.2, -0.15) is 0 Å². The summed E-state index contributed by atoms with van der Waals surface area (Å²) in [4.78, 5) is 25.9. The number of aliphatic carboxylic acids is 1. The van der Waals surface area contributed by atoms with Crippen molar-refractivity contribution in [3.05, 3.63) is 22.7 Å². The Morgan fingerprint density at radius 3 is 2.58 bits per heavy atom. The molecule has 7 nitrogen and oxygen atoms in total. The number of nitrogens with zero attached hydrogens (tertiary/aromatic N) is 1. The number of carbonyl (C=O) groups is 2.